The summed E-state index contributed by atoms with van der Waals surface area (Å²) in [6.07, 6.45) is 5.43. The number of rotatable bonds is 4. The van der Waals surface area contributed by atoms with Gasteiger partial charge in [-0.1, -0.05) is 17.7 Å². The number of hydrogen-bond acceptors (Lipinski definition) is 6. The molecular weight excluding hydrogens is 436 g/mol. The number of piperazine rings is 1. The Morgan fingerprint density at radius 1 is 0.970 bits per heavy atom. The standard InChI is InChI=1S/C25H27ClN6O/c1-17-23(29-22-6-4-5-9-32(17)22)20-14-19(7-8-21(20)26)30-10-12-31(13-11-30)24-27-15-18(16-28-24)25(2,3)33/h4-9,14-16,33H,10-13H2,1-3H3. The molecule has 0 aliphatic carbocycles. The summed E-state index contributed by atoms with van der Waals surface area (Å²) in [5.41, 5.74) is 4.74. The summed E-state index contributed by atoms with van der Waals surface area (Å²) in [5.74, 6) is 0.694. The molecule has 1 aliphatic rings. The Bertz CT molecular complexity index is 1290. The molecule has 1 fully saturated rings. The third kappa shape index (κ3) is 4.14. The summed E-state index contributed by atoms with van der Waals surface area (Å²) >= 11 is 6.61. The number of fused-ring (bicyclic) bond motifs is 1. The predicted molar refractivity (Wildman–Crippen MR) is 132 cm³/mol. The Morgan fingerprint density at radius 2 is 1.67 bits per heavy atom. The number of pyridine rings is 1. The zero-order valence-corrected chi connectivity index (χ0v) is 19.8. The van der Waals surface area contributed by atoms with E-state index in [0.717, 1.165) is 54.5 Å². The molecule has 0 bridgehead atoms. The van der Waals surface area contributed by atoms with E-state index < -0.39 is 5.60 Å². The molecule has 1 aliphatic heterocycles. The first-order valence-electron chi connectivity index (χ1n) is 11.1. The van der Waals surface area contributed by atoms with Crippen LogP contribution in [0.2, 0.25) is 5.02 Å². The third-order valence-corrected chi connectivity index (χ3v) is 6.58. The van der Waals surface area contributed by atoms with Crippen molar-refractivity contribution in [1.29, 1.82) is 0 Å². The van der Waals surface area contributed by atoms with E-state index in [1.807, 2.05) is 30.5 Å². The first kappa shape index (κ1) is 21.7. The van der Waals surface area contributed by atoms with Crippen LogP contribution in [0, 0.1) is 6.92 Å². The van der Waals surface area contributed by atoms with Crippen LogP contribution >= 0.6 is 11.6 Å². The van der Waals surface area contributed by atoms with Gasteiger partial charge in [0.2, 0.25) is 5.95 Å². The molecule has 0 atom stereocenters. The highest BCUT2D eigenvalue weighted by Crippen LogP contribution is 2.34. The molecule has 0 radical (unpaired) electrons. The number of nitrogens with zero attached hydrogens (tertiary/aromatic N) is 6. The fourth-order valence-corrected chi connectivity index (χ4v) is 4.44. The quantitative estimate of drug-likeness (QED) is 0.487. The Labute approximate surface area is 198 Å². The van der Waals surface area contributed by atoms with Gasteiger partial charge < -0.3 is 19.3 Å². The van der Waals surface area contributed by atoms with Gasteiger partial charge in [0, 0.05) is 67.3 Å². The second-order valence-corrected chi connectivity index (χ2v) is 9.35. The summed E-state index contributed by atoms with van der Waals surface area (Å²) in [4.78, 5) is 18.3. The highest BCUT2D eigenvalue weighted by atomic mass is 35.5. The average molecular weight is 463 g/mol. The van der Waals surface area contributed by atoms with Crippen molar-refractivity contribution < 1.29 is 5.11 Å². The van der Waals surface area contributed by atoms with E-state index in [2.05, 4.69) is 43.2 Å². The number of halogens is 1. The fourth-order valence-electron chi connectivity index (χ4n) is 4.23. The van der Waals surface area contributed by atoms with Gasteiger partial charge in [0.15, 0.2) is 0 Å². The van der Waals surface area contributed by atoms with Gasteiger partial charge in [0.1, 0.15) is 5.65 Å². The monoisotopic (exact) mass is 462 g/mol. The number of benzene rings is 1. The van der Waals surface area contributed by atoms with Crippen LogP contribution in [0.1, 0.15) is 25.1 Å². The molecule has 1 saturated heterocycles. The van der Waals surface area contributed by atoms with Gasteiger partial charge in [0.25, 0.3) is 0 Å². The molecule has 0 saturated carbocycles. The summed E-state index contributed by atoms with van der Waals surface area (Å²) in [6, 6.07) is 12.2. The van der Waals surface area contributed by atoms with Crippen LogP contribution in [0.15, 0.2) is 55.0 Å². The highest BCUT2D eigenvalue weighted by Gasteiger charge is 2.22. The van der Waals surface area contributed by atoms with Crippen LogP contribution in [0.3, 0.4) is 0 Å². The minimum Gasteiger partial charge on any atom is -0.386 e. The topological polar surface area (TPSA) is 69.8 Å². The van der Waals surface area contributed by atoms with Gasteiger partial charge in [-0.25, -0.2) is 15.0 Å². The van der Waals surface area contributed by atoms with Crippen LogP contribution in [0.25, 0.3) is 16.9 Å². The van der Waals surface area contributed by atoms with Gasteiger partial charge >= 0.3 is 0 Å². The van der Waals surface area contributed by atoms with Crippen LogP contribution in [0.5, 0.6) is 0 Å². The minimum absolute atomic E-state index is 0.694. The molecule has 170 valence electrons. The number of hydrogen-bond donors (Lipinski definition) is 1. The molecule has 0 amide bonds. The normalized spacial score (nSPS) is 14.8. The van der Waals surface area contributed by atoms with Crippen LogP contribution < -0.4 is 9.80 Å². The van der Waals surface area contributed by atoms with Gasteiger partial charge in [-0.15, -0.1) is 0 Å². The van der Waals surface area contributed by atoms with Crippen molar-refractivity contribution in [2.75, 3.05) is 36.0 Å². The second kappa shape index (κ2) is 8.32. The van der Waals surface area contributed by atoms with Gasteiger partial charge in [-0.3, -0.25) is 0 Å². The summed E-state index contributed by atoms with van der Waals surface area (Å²) < 4.78 is 2.08. The predicted octanol–water partition coefficient (Wildman–Crippen LogP) is 4.31. The Morgan fingerprint density at radius 3 is 2.33 bits per heavy atom. The second-order valence-electron chi connectivity index (χ2n) is 8.94. The van der Waals surface area contributed by atoms with Crippen molar-refractivity contribution in [2.24, 2.45) is 0 Å². The number of aryl methyl sites for hydroxylation is 1. The van der Waals surface area contributed by atoms with Crippen molar-refractivity contribution in [1.82, 2.24) is 19.4 Å². The van der Waals surface area contributed by atoms with Gasteiger partial charge in [-0.2, -0.15) is 0 Å². The summed E-state index contributed by atoms with van der Waals surface area (Å²) in [5, 5.41) is 10.8. The van der Waals surface area contributed by atoms with Crippen LogP contribution in [-0.2, 0) is 5.60 Å². The molecule has 8 heteroatoms. The number of anilines is 2. The lowest BCUT2D eigenvalue weighted by Crippen LogP contribution is -2.47. The molecule has 33 heavy (non-hydrogen) atoms. The smallest absolute Gasteiger partial charge is 0.225 e. The van der Waals surface area contributed by atoms with E-state index in [1.165, 1.54) is 0 Å². The summed E-state index contributed by atoms with van der Waals surface area (Å²) in [7, 11) is 0. The van der Waals surface area contributed by atoms with E-state index in [0.29, 0.717) is 16.5 Å². The number of imidazole rings is 1. The molecule has 5 rings (SSSR count). The maximum atomic E-state index is 10.1. The van der Waals surface area contributed by atoms with E-state index in [-0.39, 0.29) is 0 Å². The SMILES string of the molecule is Cc1c(-c2cc(N3CCN(c4ncc(C(C)(C)O)cn4)CC3)ccc2Cl)nc2ccccn12. The lowest BCUT2D eigenvalue weighted by molar-refractivity contribution is 0.0778. The average Bonchev–Trinajstić information content (AvgIpc) is 3.15. The zero-order valence-electron chi connectivity index (χ0n) is 19.0. The molecule has 0 unspecified atom stereocenters. The van der Waals surface area contributed by atoms with Gasteiger partial charge in [0.05, 0.1) is 16.3 Å². The Kier molecular flexibility index (Phi) is 5.46. The van der Waals surface area contributed by atoms with Crippen LogP contribution in [-0.4, -0.2) is 50.6 Å². The third-order valence-electron chi connectivity index (χ3n) is 6.25. The largest absolute Gasteiger partial charge is 0.386 e. The van der Waals surface area contributed by atoms with Crippen molar-refractivity contribution in [3.63, 3.8) is 0 Å². The maximum Gasteiger partial charge on any atom is 0.225 e. The molecule has 1 N–H and O–H groups in total. The lowest BCUT2D eigenvalue weighted by Gasteiger charge is -2.36. The highest BCUT2D eigenvalue weighted by molar-refractivity contribution is 6.33. The van der Waals surface area contributed by atoms with E-state index in [1.54, 1.807) is 26.2 Å². The van der Waals surface area contributed by atoms with Crippen molar-refractivity contribution in [2.45, 2.75) is 26.4 Å². The molecule has 0 spiro atoms. The molecule has 4 aromatic rings. The van der Waals surface area contributed by atoms with Crippen LogP contribution in [0.4, 0.5) is 11.6 Å². The van der Waals surface area contributed by atoms with Gasteiger partial charge in [-0.05, 0) is 51.1 Å². The number of aliphatic hydroxyl groups is 1. The maximum absolute atomic E-state index is 10.1. The Balaban J connectivity index is 1.35. The molecular formula is C25H27ClN6O. The molecule has 7 nitrogen and oxygen atoms in total. The number of aromatic nitrogens is 4. The first-order chi connectivity index (χ1) is 15.8. The van der Waals surface area contributed by atoms with Crippen molar-refractivity contribution in [3.05, 3.63) is 71.3 Å². The Hall–Kier alpha value is -3.16. The zero-order chi connectivity index (χ0) is 23.2. The van der Waals surface area contributed by atoms with E-state index in [9.17, 15) is 5.11 Å². The van der Waals surface area contributed by atoms with E-state index in [4.69, 9.17) is 16.6 Å². The van der Waals surface area contributed by atoms with Crippen molar-refractivity contribution >= 4 is 28.9 Å². The molecule has 4 heterocycles. The lowest BCUT2D eigenvalue weighted by atomic mass is 10.0. The molecule has 1 aromatic carbocycles. The fraction of sp³-hybridized carbons (Fsp3) is 0.320. The first-order valence-corrected chi connectivity index (χ1v) is 11.5. The summed E-state index contributed by atoms with van der Waals surface area (Å²) in [6.45, 7) is 8.86. The van der Waals surface area contributed by atoms with E-state index >= 15 is 0 Å². The van der Waals surface area contributed by atoms with Crippen molar-refractivity contribution in [3.8, 4) is 11.3 Å². The minimum atomic E-state index is -0.942. The molecule has 3 aromatic heterocycles.